The van der Waals surface area contributed by atoms with E-state index in [-0.39, 0.29) is 4.75 Å². The van der Waals surface area contributed by atoms with Gasteiger partial charge in [-0.25, -0.2) is 0 Å². The van der Waals surface area contributed by atoms with Crippen LogP contribution in [-0.2, 0) is 4.75 Å². The molecule has 0 spiro atoms. The summed E-state index contributed by atoms with van der Waals surface area (Å²) in [4.78, 5) is 0. The van der Waals surface area contributed by atoms with Crippen molar-refractivity contribution in [3.8, 4) is 0 Å². The van der Waals surface area contributed by atoms with Crippen molar-refractivity contribution in [2.75, 3.05) is 6.26 Å². The van der Waals surface area contributed by atoms with E-state index in [0.717, 1.165) is 3.53 Å². The summed E-state index contributed by atoms with van der Waals surface area (Å²) in [5.41, 5.74) is 1.32. The van der Waals surface area contributed by atoms with Gasteiger partial charge < -0.3 is 0 Å². The van der Waals surface area contributed by atoms with Crippen molar-refractivity contribution in [2.45, 2.75) is 18.6 Å². The van der Waals surface area contributed by atoms with E-state index in [1.54, 1.807) is 23.5 Å². The molecule has 0 aliphatic heterocycles. The summed E-state index contributed by atoms with van der Waals surface area (Å²) in [5, 5.41) is 0. The lowest BCUT2D eigenvalue weighted by atomic mass is 10.0. The summed E-state index contributed by atoms with van der Waals surface area (Å²) in [6.45, 7) is 4.41. The molecule has 0 heterocycles. The van der Waals surface area contributed by atoms with E-state index in [2.05, 4.69) is 38.1 Å². The maximum absolute atomic E-state index is 5.23. The van der Waals surface area contributed by atoms with E-state index in [4.69, 9.17) is 12.2 Å². The number of benzene rings is 1. The molecule has 1 rings (SSSR count). The first-order valence-corrected chi connectivity index (χ1v) is 6.83. The highest BCUT2D eigenvalue weighted by Crippen LogP contribution is 2.38. The van der Waals surface area contributed by atoms with E-state index in [1.807, 2.05) is 12.3 Å². The van der Waals surface area contributed by atoms with Crippen LogP contribution in [0.4, 0.5) is 0 Å². The molecule has 0 amide bonds. The van der Waals surface area contributed by atoms with Gasteiger partial charge in [-0.15, -0.1) is 11.8 Å². The highest BCUT2D eigenvalue weighted by atomic mass is 32.2. The molecule has 0 N–H and O–H groups in total. The Kier molecular flexibility index (Phi) is 4.48. The van der Waals surface area contributed by atoms with Gasteiger partial charge in [0.2, 0.25) is 0 Å². The summed E-state index contributed by atoms with van der Waals surface area (Å²) in [6.07, 6.45) is 2.02. The molecule has 14 heavy (non-hydrogen) atoms. The van der Waals surface area contributed by atoms with Crippen LogP contribution in [0.5, 0.6) is 0 Å². The zero-order valence-corrected chi connectivity index (χ0v) is 11.1. The van der Waals surface area contributed by atoms with Crippen LogP contribution in [-0.4, -0.2) is 9.78 Å². The lowest BCUT2D eigenvalue weighted by Crippen LogP contribution is -2.13. The van der Waals surface area contributed by atoms with E-state index >= 15 is 0 Å². The van der Waals surface area contributed by atoms with Crippen molar-refractivity contribution < 1.29 is 0 Å². The predicted molar refractivity (Wildman–Crippen MR) is 73.2 cm³/mol. The number of thioether (sulfide) groups is 2. The van der Waals surface area contributed by atoms with Gasteiger partial charge in [0, 0.05) is 4.75 Å². The third-order valence-electron chi connectivity index (χ3n) is 1.97. The molecule has 1 aromatic rings. The van der Waals surface area contributed by atoms with Crippen molar-refractivity contribution in [1.82, 2.24) is 0 Å². The van der Waals surface area contributed by atoms with Crippen LogP contribution < -0.4 is 0 Å². The second kappa shape index (κ2) is 5.19. The molecule has 0 bridgehead atoms. The average molecular weight is 242 g/mol. The van der Waals surface area contributed by atoms with Gasteiger partial charge >= 0.3 is 0 Å². The van der Waals surface area contributed by atoms with Gasteiger partial charge in [0.25, 0.3) is 0 Å². The van der Waals surface area contributed by atoms with Gasteiger partial charge in [0.1, 0.15) is 3.53 Å². The zero-order chi connectivity index (χ0) is 10.6. The molecule has 0 aliphatic carbocycles. The highest BCUT2D eigenvalue weighted by Gasteiger charge is 2.22. The van der Waals surface area contributed by atoms with Crippen LogP contribution in [0.1, 0.15) is 19.4 Å². The van der Waals surface area contributed by atoms with Crippen LogP contribution in [0.25, 0.3) is 0 Å². The molecule has 0 aliphatic rings. The van der Waals surface area contributed by atoms with Crippen molar-refractivity contribution in [3.63, 3.8) is 0 Å². The van der Waals surface area contributed by atoms with E-state index in [1.165, 1.54) is 5.56 Å². The smallest absolute Gasteiger partial charge is 0.104 e. The first-order chi connectivity index (χ1) is 6.56. The average Bonchev–Trinajstić information content (AvgIpc) is 2.18. The SMILES string of the molecule is CSC(=S)SC(C)(C)c1ccccc1. The lowest BCUT2D eigenvalue weighted by Gasteiger charge is -2.24. The molecule has 0 nitrogen and oxygen atoms in total. The van der Waals surface area contributed by atoms with Gasteiger partial charge in [0.05, 0.1) is 0 Å². The fourth-order valence-corrected chi connectivity index (χ4v) is 3.40. The number of thiocarbonyl (C=S) groups is 1. The van der Waals surface area contributed by atoms with Crippen LogP contribution in [0, 0.1) is 0 Å². The molecule has 1 aromatic carbocycles. The minimum Gasteiger partial charge on any atom is -0.111 e. The minimum atomic E-state index is 0.0708. The number of hydrogen-bond donors (Lipinski definition) is 0. The van der Waals surface area contributed by atoms with Crippen molar-refractivity contribution in [1.29, 1.82) is 0 Å². The molecule has 0 atom stereocenters. The quantitative estimate of drug-likeness (QED) is 0.710. The first kappa shape index (κ1) is 12.1. The second-order valence-corrected chi connectivity index (χ2v) is 7.07. The standard InChI is InChI=1S/C11H14S3/c1-11(2,14-10(12)13-3)9-7-5-4-6-8-9/h4-8H,1-3H3. The van der Waals surface area contributed by atoms with Crippen molar-refractivity contribution in [2.24, 2.45) is 0 Å². The molecule has 0 radical (unpaired) electrons. The predicted octanol–water partition coefficient (Wildman–Crippen LogP) is 4.30. The maximum atomic E-state index is 5.23. The molecular weight excluding hydrogens is 228 g/mol. The Labute approximate surface area is 99.9 Å². The largest absolute Gasteiger partial charge is 0.111 e. The van der Waals surface area contributed by atoms with E-state index < -0.39 is 0 Å². The van der Waals surface area contributed by atoms with Crippen molar-refractivity contribution in [3.05, 3.63) is 35.9 Å². The van der Waals surface area contributed by atoms with Gasteiger partial charge in [-0.1, -0.05) is 54.3 Å². The number of hydrogen-bond acceptors (Lipinski definition) is 3. The molecular formula is C11H14S3. The van der Waals surface area contributed by atoms with Crippen molar-refractivity contribution >= 4 is 39.3 Å². The van der Waals surface area contributed by atoms with Crippen LogP contribution >= 0.6 is 35.7 Å². The maximum Gasteiger partial charge on any atom is 0.104 e. The summed E-state index contributed by atoms with van der Waals surface area (Å²) in [7, 11) is 0. The normalized spacial score (nSPS) is 11.4. The van der Waals surface area contributed by atoms with Gasteiger partial charge in [-0.05, 0) is 25.7 Å². The molecule has 0 fully saturated rings. The lowest BCUT2D eigenvalue weighted by molar-refractivity contribution is 0.788. The Morgan fingerprint density at radius 3 is 2.29 bits per heavy atom. The molecule has 3 heteroatoms. The molecule has 0 unspecified atom stereocenters. The fourth-order valence-electron chi connectivity index (χ4n) is 1.15. The fraction of sp³-hybridized carbons (Fsp3) is 0.364. The van der Waals surface area contributed by atoms with Crippen LogP contribution in [0.15, 0.2) is 30.3 Å². The minimum absolute atomic E-state index is 0.0708. The van der Waals surface area contributed by atoms with Crippen LogP contribution in [0.2, 0.25) is 0 Å². The Hall–Kier alpha value is 0.01000. The Morgan fingerprint density at radius 2 is 1.79 bits per heavy atom. The van der Waals surface area contributed by atoms with Crippen LogP contribution in [0.3, 0.4) is 0 Å². The molecule has 0 saturated carbocycles. The first-order valence-electron chi connectivity index (χ1n) is 4.39. The van der Waals surface area contributed by atoms with Gasteiger partial charge in [0.15, 0.2) is 0 Å². The number of rotatable bonds is 2. The van der Waals surface area contributed by atoms with Gasteiger partial charge in [-0.3, -0.25) is 0 Å². The van der Waals surface area contributed by atoms with E-state index in [9.17, 15) is 0 Å². The second-order valence-electron chi connectivity index (χ2n) is 3.43. The summed E-state index contributed by atoms with van der Waals surface area (Å²) in [6, 6.07) is 10.5. The Bertz CT molecular complexity index is 304. The zero-order valence-electron chi connectivity index (χ0n) is 8.61. The molecule has 0 aromatic heterocycles. The summed E-state index contributed by atoms with van der Waals surface area (Å²) >= 11 is 8.62. The summed E-state index contributed by atoms with van der Waals surface area (Å²) < 4.78 is 1.07. The van der Waals surface area contributed by atoms with Gasteiger partial charge in [-0.2, -0.15) is 0 Å². The molecule has 76 valence electrons. The highest BCUT2D eigenvalue weighted by molar-refractivity contribution is 8.47. The Morgan fingerprint density at radius 1 is 1.21 bits per heavy atom. The topological polar surface area (TPSA) is 0 Å². The molecule has 0 saturated heterocycles. The third-order valence-corrected chi connectivity index (χ3v) is 4.72. The third kappa shape index (κ3) is 3.30. The monoisotopic (exact) mass is 242 g/mol. The Balaban J connectivity index is 2.80. The van der Waals surface area contributed by atoms with E-state index in [0.29, 0.717) is 0 Å². The summed E-state index contributed by atoms with van der Waals surface area (Å²) in [5.74, 6) is 0.